The number of ether oxygens (including phenoxy) is 2. The van der Waals surface area contributed by atoms with Crippen LogP contribution in [0.25, 0.3) is 11.5 Å². The number of nitrogens with one attached hydrogen (secondary N) is 1. The lowest BCUT2D eigenvalue weighted by molar-refractivity contribution is 0.395. The van der Waals surface area contributed by atoms with Gasteiger partial charge in [0.2, 0.25) is 5.76 Å². The van der Waals surface area contributed by atoms with E-state index in [1.807, 2.05) is 0 Å². The standard InChI is InChI=1S/C16H15ClN2O6S/c1-9-15(8-13(24-9)12-4-5-18-25-12)26(20,21)19-16-11(17)6-10(22-2)7-14(16)23-3/h4-8,19H,1-3H3. The highest BCUT2D eigenvalue weighted by atomic mass is 35.5. The van der Waals surface area contributed by atoms with Gasteiger partial charge in [-0.05, 0) is 6.92 Å². The second-order valence-electron chi connectivity index (χ2n) is 5.20. The van der Waals surface area contributed by atoms with Crippen molar-refractivity contribution >= 4 is 27.3 Å². The highest BCUT2D eigenvalue weighted by Crippen LogP contribution is 2.39. The van der Waals surface area contributed by atoms with Crippen LogP contribution in [0.15, 0.2) is 44.3 Å². The van der Waals surface area contributed by atoms with E-state index in [1.54, 1.807) is 6.07 Å². The van der Waals surface area contributed by atoms with Crippen molar-refractivity contribution in [1.82, 2.24) is 5.16 Å². The quantitative estimate of drug-likeness (QED) is 0.674. The van der Waals surface area contributed by atoms with Crippen molar-refractivity contribution in [2.24, 2.45) is 0 Å². The zero-order valence-electron chi connectivity index (χ0n) is 14.1. The predicted octanol–water partition coefficient (Wildman–Crippen LogP) is 3.71. The first-order valence-electron chi connectivity index (χ1n) is 7.31. The molecular weight excluding hydrogens is 384 g/mol. The molecule has 2 heterocycles. The smallest absolute Gasteiger partial charge is 0.265 e. The Morgan fingerprint density at radius 1 is 1.15 bits per heavy atom. The SMILES string of the molecule is COc1cc(Cl)c(NS(=O)(=O)c2cc(-c3ccno3)oc2C)c(OC)c1. The maximum atomic E-state index is 12.8. The summed E-state index contributed by atoms with van der Waals surface area (Å²) in [7, 11) is -1.14. The molecule has 0 saturated carbocycles. The van der Waals surface area contributed by atoms with Crippen molar-refractivity contribution in [2.75, 3.05) is 18.9 Å². The van der Waals surface area contributed by atoms with Gasteiger partial charge < -0.3 is 18.4 Å². The molecule has 0 amide bonds. The fourth-order valence-electron chi connectivity index (χ4n) is 2.32. The van der Waals surface area contributed by atoms with Gasteiger partial charge >= 0.3 is 0 Å². The summed E-state index contributed by atoms with van der Waals surface area (Å²) in [6.45, 7) is 1.53. The first kappa shape index (κ1) is 18.2. The molecule has 2 aromatic heterocycles. The Balaban J connectivity index is 2.00. The zero-order valence-corrected chi connectivity index (χ0v) is 15.6. The number of benzene rings is 1. The van der Waals surface area contributed by atoms with Crippen LogP contribution in [-0.2, 0) is 10.0 Å². The lowest BCUT2D eigenvalue weighted by atomic mass is 10.3. The molecular formula is C16H15ClN2O6S. The highest BCUT2D eigenvalue weighted by molar-refractivity contribution is 7.92. The summed E-state index contributed by atoms with van der Waals surface area (Å²) in [6, 6.07) is 5.91. The maximum Gasteiger partial charge on any atom is 0.265 e. The topological polar surface area (TPSA) is 104 Å². The van der Waals surface area contributed by atoms with E-state index >= 15 is 0 Å². The molecule has 0 aliphatic heterocycles. The Hall–Kier alpha value is -2.65. The second kappa shape index (κ2) is 6.93. The minimum Gasteiger partial charge on any atom is -0.497 e. The highest BCUT2D eigenvalue weighted by Gasteiger charge is 2.25. The van der Waals surface area contributed by atoms with Gasteiger partial charge in [-0.3, -0.25) is 4.72 Å². The van der Waals surface area contributed by atoms with Gasteiger partial charge in [0.25, 0.3) is 10.0 Å². The molecule has 10 heteroatoms. The number of aryl methyl sites for hydroxylation is 1. The van der Waals surface area contributed by atoms with E-state index in [4.69, 9.17) is 30.0 Å². The van der Waals surface area contributed by atoms with Crippen molar-refractivity contribution in [3.8, 4) is 23.0 Å². The van der Waals surface area contributed by atoms with Gasteiger partial charge in [-0.25, -0.2) is 8.42 Å². The molecule has 3 rings (SSSR count). The van der Waals surface area contributed by atoms with Gasteiger partial charge in [-0.1, -0.05) is 16.8 Å². The second-order valence-corrected chi connectivity index (χ2v) is 7.26. The van der Waals surface area contributed by atoms with Crippen molar-refractivity contribution in [3.05, 3.63) is 41.2 Å². The molecule has 0 fully saturated rings. The van der Waals surface area contributed by atoms with Crippen LogP contribution in [0.3, 0.4) is 0 Å². The monoisotopic (exact) mass is 398 g/mol. The van der Waals surface area contributed by atoms with Crippen molar-refractivity contribution in [3.63, 3.8) is 0 Å². The minimum atomic E-state index is -4.00. The number of rotatable bonds is 6. The normalized spacial score (nSPS) is 11.4. The minimum absolute atomic E-state index is 0.0576. The van der Waals surface area contributed by atoms with Gasteiger partial charge in [-0.15, -0.1) is 0 Å². The third kappa shape index (κ3) is 3.35. The fourth-order valence-corrected chi connectivity index (χ4v) is 3.90. The van der Waals surface area contributed by atoms with E-state index in [0.29, 0.717) is 11.5 Å². The Kier molecular flexibility index (Phi) is 4.84. The summed E-state index contributed by atoms with van der Waals surface area (Å²) in [4.78, 5) is -0.0576. The number of furan rings is 1. The lowest BCUT2D eigenvalue weighted by Gasteiger charge is -2.14. The van der Waals surface area contributed by atoms with E-state index in [2.05, 4.69) is 9.88 Å². The van der Waals surface area contributed by atoms with E-state index < -0.39 is 10.0 Å². The molecule has 0 unspecified atom stereocenters. The van der Waals surface area contributed by atoms with Crippen LogP contribution in [0.1, 0.15) is 5.76 Å². The summed E-state index contributed by atoms with van der Waals surface area (Å²) in [5, 5.41) is 3.70. The predicted molar refractivity (Wildman–Crippen MR) is 94.3 cm³/mol. The van der Waals surface area contributed by atoms with Crippen LogP contribution in [0, 0.1) is 6.92 Å². The van der Waals surface area contributed by atoms with Crippen LogP contribution in [-0.4, -0.2) is 27.8 Å². The Labute approximate surface area is 154 Å². The number of hydrogen-bond acceptors (Lipinski definition) is 7. The molecule has 8 nitrogen and oxygen atoms in total. The Bertz CT molecular complexity index is 1030. The summed E-state index contributed by atoms with van der Waals surface area (Å²) in [5.74, 6) is 1.40. The number of hydrogen-bond donors (Lipinski definition) is 1. The third-order valence-electron chi connectivity index (χ3n) is 3.56. The molecule has 0 aliphatic rings. The van der Waals surface area contributed by atoms with Crippen LogP contribution >= 0.6 is 11.6 Å². The van der Waals surface area contributed by atoms with Gasteiger partial charge in [0.15, 0.2) is 5.76 Å². The van der Waals surface area contributed by atoms with Gasteiger partial charge in [-0.2, -0.15) is 0 Å². The first-order chi connectivity index (χ1) is 12.4. The van der Waals surface area contributed by atoms with Gasteiger partial charge in [0.1, 0.15) is 27.8 Å². The maximum absolute atomic E-state index is 12.8. The average molecular weight is 399 g/mol. The molecule has 0 bridgehead atoms. The van der Waals surface area contributed by atoms with Crippen molar-refractivity contribution in [1.29, 1.82) is 0 Å². The number of aromatic nitrogens is 1. The molecule has 3 aromatic rings. The molecule has 1 N–H and O–H groups in total. The molecule has 1 aromatic carbocycles. The van der Waals surface area contributed by atoms with Crippen molar-refractivity contribution < 1.29 is 26.8 Å². The van der Waals surface area contributed by atoms with Crippen LogP contribution in [0.4, 0.5) is 5.69 Å². The zero-order chi connectivity index (χ0) is 18.9. The van der Waals surface area contributed by atoms with Gasteiger partial charge in [0, 0.05) is 24.3 Å². The Morgan fingerprint density at radius 3 is 2.54 bits per heavy atom. The number of sulfonamides is 1. The molecule has 138 valence electrons. The molecule has 0 spiro atoms. The van der Waals surface area contributed by atoms with E-state index in [0.717, 1.165) is 0 Å². The summed E-state index contributed by atoms with van der Waals surface area (Å²) in [6.07, 6.45) is 1.43. The summed E-state index contributed by atoms with van der Waals surface area (Å²) < 4.78 is 48.8. The summed E-state index contributed by atoms with van der Waals surface area (Å²) >= 11 is 6.18. The molecule has 0 radical (unpaired) electrons. The molecule has 0 aliphatic carbocycles. The number of nitrogens with zero attached hydrogens (tertiary/aromatic N) is 1. The lowest BCUT2D eigenvalue weighted by Crippen LogP contribution is -2.14. The van der Waals surface area contributed by atoms with Crippen LogP contribution in [0.2, 0.25) is 5.02 Å². The average Bonchev–Trinajstić information content (AvgIpc) is 3.25. The van der Waals surface area contributed by atoms with E-state index in [1.165, 1.54) is 45.5 Å². The largest absolute Gasteiger partial charge is 0.497 e. The van der Waals surface area contributed by atoms with Gasteiger partial charge in [0.05, 0.1) is 25.4 Å². The molecule has 0 atom stereocenters. The van der Waals surface area contributed by atoms with Crippen molar-refractivity contribution in [2.45, 2.75) is 11.8 Å². The van der Waals surface area contributed by atoms with E-state index in [-0.39, 0.29) is 32.9 Å². The van der Waals surface area contributed by atoms with Crippen LogP contribution < -0.4 is 14.2 Å². The van der Waals surface area contributed by atoms with Crippen LogP contribution in [0.5, 0.6) is 11.5 Å². The fraction of sp³-hybridized carbons (Fsp3) is 0.188. The molecule has 0 saturated heterocycles. The summed E-state index contributed by atoms with van der Waals surface area (Å²) in [5.41, 5.74) is 0.0942. The number of methoxy groups -OCH3 is 2. The Morgan fingerprint density at radius 2 is 1.92 bits per heavy atom. The third-order valence-corrected chi connectivity index (χ3v) is 5.32. The van der Waals surface area contributed by atoms with E-state index in [9.17, 15) is 8.42 Å². The number of halogens is 1. The first-order valence-corrected chi connectivity index (χ1v) is 9.17. The molecule has 26 heavy (non-hydrogen) atoms. The number of anilines is 1.